The Kier molecular flexibility index (Phi) is 5.76. The predicted octanol–water partition coefficient (Wildman–Crippen LogP) is 2.90. The number of carbonyl (C=O) groups is 2. The maximum atomic E-state index is 11.6. The molecule has 1 aromatic carbocycles. The van der Waals surface area contributed by atoms with Crippen LogP contribution in [-0.2, 0) is 9.59 Å². The molecule has 0 bridgehead atoms. The van der Waals surface area contributed by atoms with Crippen molar-refractivity contribution in [1.82, 2.24) is 5.32 Å². The molecule has 1 fully saturated rings. The lowest BCUT2D eigenvalue weighted by Gasteiger charge is -1.99. The van der Waals surface area contributed by atoms with Gasteiger partial charge in [0.15, 0.2) is 5.17 Å². The number of benzene rings is 1. The summed E-state index contributed by atoms with van der Waals surface area (Å²) in [6.45, 7) is 0. The molecule has 2 N–H and O–H groups in total. The van der Waals surface area contributed by atoms with Crippen LogP contribution in [0.25, 0.3) is 11.3 Å². The van der Waals surface area contributed by atoms with Crippen LogP contribution in [0.5, 0.6) is 0 Å². The standard InChI is InChI=1S/C16H11ClN4O6S/c17-10-3-1-8(5-11(10)21(25)26)12-4-2-9(27-12)7-18-20-16-19-15(24)13(28-16)6-14(22)23/h1-5,7,13H,6H2,(H,22,23)(H,19,20,24). The molecule has 28 heavy (non-hydrogen) atoms. The quantitative estimate of drug-likeness (QED) is 0.413. The van der Waals surface area contributed by atoms with Crippen molar-refractivity contribution in [1.29, 1.82) is 0 Å². The predicted molar refractivity (Wildman–Crippen MR) is 103 cm³/mol. The maximum Gasteiger partial charge on any atom is 0.305 e. The molecule has 3 rings (SSSR count). The number of rotatable bonds is 6. The van der Waals surface area contributed by atoms with Gasteiger partial charge in [-0.1, -0.05) is 23.4 Å². The lowest BCUT2D eigenvalue weighted by Crippen LogP contribution is -2.26. The summed E-state index contributed by atoms with van der Waals surface area (Å²) in [4.78, 5) is 32.7. The number of hydrogen-bond acceptors (Lipinski definition) is 8. The van der Waals surface area contributed by atoms with Crippen molar-refractivity contribution in [3.05, 3.63) is 51.2 Å². The van der Waals surface area contributed by atoms with E-state index in [4.69, 9.17) is 21.1 Å². The number of nitro benzene ring substituents is 1. The van der Waals surface area contributed by atoms with Crippen LogP contribution in [0, 0.1) is 10.1 Å². The third-order valence-electron chi connectivity index (χ3n) is 3.52. The number of nitrogens with zero attached hydrogens (tertiary/aromatic N) is 3. The fourth-order valence-corrected chi connectivity index (χ4v) is 3.37. The van der Waals surface area contributed by atoms with Gasteiger partial charge in [-0.3, -0.25) is 19.7 Å². The van der Waals surface area contributed by atoms with Crippen LogP contribution in [0.1, 0.15) is 12.2 Å². The van der Waals surface area contributed by atoms with Gasteiger partial charge in [-0.05, 0) is 24.3 Å². The van der Waals surface area contributed by atoms with Crippen molar-refractivity contribution >= 4 is 52.3 Å². The number of nitrogens with one attached hydrogen (secondary N) is 1. The zero-order valence-electron chi connectivity index (χ0n) is 13.9. The summed E-state index contributed by atoms with van der Waals surface area (Å²) in [5.74, 6) is -0.818. The number of thioether (sulfide) groups is 1. The second-order valence-electron chi connectivity index (χ2n) is 5.47. The van der Waals surface area contributed by atoms with Crippen molar-refractivity contribution in [2.75, 3.05) is 0 Å². The number of amides is 1. The lowest BCUT2D eigenvalue weighted by molar-refractivity contribution is -0.384. The number of carboxylic acid groups (broad SMARTS) is 1. The molecule has 2 heterocycles. The Balaban J connectivity index is 1.70. The van der Waals surface area contributed by atoms with Crippen molar-refractivity contribution in [2.45, 2.75) is 11.7 Å². The van der Waals surface area contributed by atoms with Crippen molar-refractivity contribution < 1.29 is 24.0 Å². The van der Waals surface area contributed by atoms with E-state index in [2.05, 4.69) is 15.5 Å². The monoisotopic (exact) mass is 422 g/mol. The van der Waals surface area contributed by atoms with Gasteiger partial charge >= 0.3 is 5.97 Å². The number of amidine groups is 1. The minimum absolute atomic E-state index is 0.0234. The third-order valence-corrected chi connectivity index (χ3v) is 4.92. The van der Waals surface area contributed by atoms with E-state index in [1.54, 1.807) is 18.2 Å². The molecule has 1 aliphatic rings. The molecule has 0 radical (unpaired) electrons. The van der Waals surface area contributed by atoms with E-state index in [9.17, 15) is 19.7 Å². The summed E-state index contributed by atoms with van der Waals surface area (Å²) in [7, 11) is 0. The van der Waals surface area contributed by atoms with Crippen LogP contribution in [0.15, 0.2) is 45.0 Å². The van der Waals surface area contributed by atoms with Gasteiger partial charge in [0.2, 0.25) is 5.91 Å². The molecule has 12 heteroatoms. The molecule has 144 valence electrons. The molecule has 0 saturated carbocycles. The number of carbonyl (C=O) groups excluding carboxylic acids is 1. The Hall–Kier alpha value is -3.18. The molecule has 1 unspecified atom stereocenters. The summed E-state index contributed by atoms with van der Waals surface area (Å²) in [6, 6.07) is 7.49. The van der Waals surface area contributed by atoms with Gasteiger partial charge < -0.3 is 14.8 Å². The first-order valence-electron chi connectivity index (χ1n) is 7.68. The van der Waals surface area contributed by atoms with Gasteiger partial charge in [-0.15, -0.1) is 5.10 Å². The van der Waals surface area contributed by atoms with Gasteiger partial charge in [-0.2, -0.15) is 5.10 Å². The molecule has 1 atom stereocenters. The molecule has 1 aliphatic heterocycles. The summed E-state index contributed by atoms with van der Waals surface area (Å²) < 4.78 is 5.55. The number of aliphatic carboxylic acids is 1. The Morgan fingerprint density at radius 2 is 2.21 bits per heavy atom. The fourth-order valence-electron chi connectivity index (χ4n) is 2.27. The van der Waals surface area contributed by atoms with Crippen LogP contribution < -0.4 is 5.32 Å². The van der Waals surface area contributed by atoms with Crippen molar-refractivity contribution in [2.24, 2.45) is 10.2 Å². The first kappa shape index (κ1) is 19.6. The van der Waals surface area contributed by atoms with Crippen LogP contribution in [0.4, 0.5) is 5.69 Å². The number of nitro groups is 1. The molecule has 2 aromatic rings. The third kappa shape index (κ3) is 4.56. The fraction of sp³-hybridized carbons (Fsp3) is 0.125. The minimum Gasteiger partial charge on any atom is -0.481 e. The lowest BCUT2D eigenvalue weighted by atomic mass is 10.1. The van der Waals surface area contributed by atoms with E-state index in [0.29, 0.717) is 17.1 Å². The van der Waals surface area contributed by atoms with Crippen LogP contribution in [-0.4, -0.2) is 38.5 Å². The number of hydrogen-bond donors (Lipinski definition) is 2. The number of furan rings is 1. The second kappa shape index (κ2) is 8.23. The molecule has 10 nitrogen and oxygen atoms in total. The van der Waals surface area contributed by atoms with Gasteiger partial charge in [0.25, 0.3) is 5.69 Å². The molecule has 0 spiro atoms. The van der Waals surface area contributed by atoms with E-state index >= 15 is 0 Å². The van der Waals surface area contributed by atoms with Crippen LogP contribution in [0.2, 0.25) is 5.02 Å². The zero-order valence-corrected chi connectivity index (χ0v) is 15.4. The van der Waals surface area contributed by atoms with Crippen molar-refractivity contribution in [3.63, 3.8) is 0 Å². The minimum atomic E-state index is -1.08. The number of halogens is 1. The zero-order chi connectivity index (χ0) is 20.3. The number of carboxylic acids is 1. The van der Waals surface area contributed by atoms with Gasteiger partial charge in [0.1, 0.15) is 21.8 Å². The Morgan fingerprint density at radius 3 is 2.93 bits per heavy atom. The molecule has 1 amide bonds. The Bertz CT molecular complexity index is 1020. The summed E-state index contributed by atoms with van der Waals surface area (Å²) >= 11 is 6.77. The van der Waals surface area contributed by atoms with E-state index in [-0.39, 0.29) is 22.3 Å². The summed E-state index contributed by atoms with van der Waals surface area (Å²) in [5, 5.41) is 29.2. The van der Waals surface area contributed by atoms with Gasteiger partial charge in [-0.25, -0.2) is 0 Å². The van der Waals surface area contributed by atoms with E-state index in [1.165, 1.54) is 18.3 Å². The largest absolute Gasteiger partial charge is 0.481 e. The molecule has 1 saturated heterocycles. The van der Waals surface area contributed by atoms with E-state index in [1.807, 2.05) is 0 Å². The van der Waals surface area contributed by atoms with Crippen molar-refractivity contribution in [3.8, 4) is 11.3 Å². The molecular formula is C16H11ClN4O6S. The molecule has 0 aliphatic carbocycles. The average molecular weight is 423 g/mol. The molecule has 1 aromatic heterocycles. The smallest absolute Gasteiger partial charge is 0.305 e. The maximum absolute atomic E-state index is 11.6. The second-order valence-corrected chi connectivity index (χ2v) is 7.07. The van der Waals surface area contributed by atoms with Gasteiger partial charge in [0, 0.05) is 11.6 Å². The molecular weight excluding hydrogens is 412 g/mol. The average Bonchev–Trinajstić information content (AvgIpc) is 3.22. The Morgan fingerprint density at radius 1 is 1.43 bits per heavy atom. The van der Waals surface area contributed by atoms with Crippen LogP contribution >= 0.6 is 23.4 Å². The first-order valence-corrected chi connectivity index (χ1v) is 8.93. The highest BCUT2D eigenvalue weighted by molar-refractivity contribution is 8.15. The SMILES string of the molecule is O=C(O)CC1S/C(=N/N=Cc2ccc(-c3ccc(Cl)c([N+](=O)[O-])c3)o2)NC1=O. The van der Waals surface area contributed by atoms with Crippen LogP contribution in [0.3, 0.4) is 0 Å². The topological polar surface area (TPSA) is 147 Å². The van der Waals surface area contributed by atoms with E-state index in [0.717, 1.165) is 11.8 Å². The highest BCUT2D eigenvalue weighted by Crippen LogP contribution is 2.31. The normalized spacial score (nSPS) is 18.0. The first-order chi connectivity index (χ1) is 13.3. The summed E-state index contributed by atoms with van der Waals surface area (Å²) in [6.07, 6.45) is 0.978. The Labute approximate surface area is 166 Å². The summed E-state index contributed by atoms with van der Waals surface area (Å²) in [5.41, 5.74) is 0.235. The van der Waals surface area contributed by atoms with Gasteiger partial charge in [0.05, 0.1) is 17.6 Å². The van der Waals surface area contributed by atoms with E-state index < -0.39 is 22.0 Å². The highest BCUT2D eigenvalue weighted by atomic mass is 35.5. The highest BCUT2D eigenvalue weighted by Gasteiger charge is 2.32.